The Hall–Kier alpha value is 0.610. The van der Waals surface area contributed by atoms with Gasteiger partial charge in [0.15, 0.2) is 0 Å². The number of halogens is 1. The molecule has 0 radical (unpaired) electrons. The van der Waals surface area contributed by atoms with Crippen LogP contribution >= 0.6 is 22.6 Å². The number of nitrogens with zero attached hydrogens (tertiary/aromatic N) is 2. The van der Waals surface area contributed by atoms with Crippen LogP contribution in [-0.4, -0.2) is 67.7 Å². The Bertz CT molecular complexity index is 147. The van der Waals surface area contributed by atoms with E-state index in [9.17, 15) is 0 Å². The van der Waals surface area contributed by atoms with Crippen LogP contribution < -0.4 is 0 Å². The van der Waals surface area contributed by atoms with Crippen molar-refractivity contribution in [2.75, 3.05) is 51.9 Å². The molecule has 3 nitrogen and oxygen atoms in total. The van der Waals surface area contributed by atoms with Crippen LogP contribution in [-0.2, 0) is 4.74 Å². The predicted octanol–water partition coefficient (Wildman–Crippen LogP) is 1.71. The molecule has 0 bridgehead atoms. The molecule has 0 aliphatic carbocycles. The van der Waals surface area contributed by atoms with Crippen molar-refractivity contribution >= 4 is 22.6 Å². The van der Waals surface area contributed by atoms with Crippen molar-refractivity contribution in [2.24, 2.45) is 0 Å². The van der Waals surface area contributed by atoms with Crippen molar-refractivity contribution < 1.29 is 4.74 Å². The fourth-order valence-corrected chi connectivity index (χ4v) is 2.47. The predicted molar refractivity (Wildman–Crippen MR) is 75.0 cm³/mol. The van der Waals surface area contributed by atoms with Crippen molar-refractivity contribution in [3.8, 4) is 0 Å². The lowest BCUT2D eigenvalue weighted by atomic mass is 10.2. The smallest absolute Gasteiger partial charge is 0.0589 e. The summed E-state index contributed by atoms with van der Waals surface area (Å²) in [5.74, 6) is 0. The average molecular weight is 328 g/mol. The molecule has 0 saturated heterocycles. The second-order valence-corrected chi connectivity index (χ2v) is 4.85. The van der Waals surface area contributed by atoms with Crippen molar-refractivity contribution in [3.05, 3.63) is 0 Å². The van der Waals surface area contributed by atoms with Crippen molar-refractivity contribution in [1.82, 2.24) is 9.80 Å². The van der Waals surface area contributed by atoms with Crippen LogP contribution in [0, 0.1) is 0 Å². The average Bonchev–Trinajstić information content (AvgIpc) is 2.26. The van der Waals surface area contributed by atoms with Gasteiger partial charge in [-0.1, -0.05) is 29.5 Å². The van der Waals surface area contributed by atoms with Gasteiger partial charge in [-0.2, -0.15) is 0 Å². The van der Waals surface area contributed by atoms with Crippen LogP contribution in [0.2, 0.25) is 0 Å². The van der Waals surface area contributed by atoms with Crippen LogP contribution in [0.4, 0.5) is 0 Å². The van der Waals surface area contributed by atoms with Crippen LogP contribution in [0.25, 0.3) is 0 Å². The second kappa shape index (κ2) is 9.81. The maximum Gasteiger partial charge on any atom is 0.0589 e. The molecule has 0 aliphatic heterocycles. The Labute approximate surface area is 108 Å². The molecular formula is C11H25IN2O. The van der Waals surface area contributed by atoms with E-state index in [1.807, 2.05) is 0 Å². The third kappa shape index (κ3) is 7.49. The van der Waals surface area contributed by atoms with E-state index >= 15 is 0 Å². The second-order valence-electron chi connectivity index (χ2n) is 3.97. The maximum absolute atomic E-state index is 5.10. The van der Waals surface area contributed by atoms with Gasteiger partial charge in [-0.25, -0.2) is 0 Å². The highest BCUT2D eigenvalue weighted by molar-refractivity contribution is 14.1. The summed E-state index contributed by atoms with van der Waals surface area (Å²) in [4.78, 5) is 4.77. The number of rotatable bonds is 9. The zero-order chi connectivity index (χ0) is 11.7. The first-order chi connectivity index (χ1) is 7.15. The van der Waals surface area contributed by atoms with Gasteiger partial charge in [-0.05, 0) is 33.6 Å². The van der Waals surface area contributed by atoms with Crippen molar-refractivity contribution in [2.45, 2.75) is 19.4 Å². The summed E-state index contributed by atoms with van der Waals surface area (Å²) < 4.78 is 6.29. The lowest BCUT2D eigenvalue weighted by molar-refractivity contribution is 0.138. The molecule has 0 saturated carbocycles. The molecule has 0 aliphatic rings. The summed E-state index contributed by atoms with van der Waals surface area (Å²) >= 11 is 2.47. The van der Waals surface area contributed by atoms with E-state index in [1.165, 1.54) is 17.4 Å². The molecule has 4 heteroatoms. The molecule has 0 heterocycles. The Balaban J connectivity index is 3.79. The topological polar surface area (TPSA) is 15.7 Å². The Kier molecular flexibility index (Phi) is 10.2. The van der Waals surface area contributed by atoms with Gasteiger partial charge in [-0.15, -0.1) is 0 Å². The molecular weight excluding hydrogens is 303 g/mol. The van der Waals surface area contributed by atoms with E-state index in [1.54, 1.807) is 7.11 Å². The lowest BCUT2D eigenvalue weighted by Crippen LogP contribution is -2.38. The third-order valence-corrected chi connectivity index (χ3v) is 3.85. The van der Waals surface area contributed by atoms with E-state index in [0.29, 0.717) is 6.04 Å². The summed E-state index contributed by atoms with van der Waals surface area (Å²) in [6.07, 6.45) is 1.24. The minimum absolute atomic E-state index is 0.676. The number of alkyl halides is 1. The summed E-state index contributed by atoms with van der Waals surface area (Å²) in [5, 5.41) is 0. The first kappa shape index (κ1) is 15.6. The largest absolute Gasteiger partial charge is 0.383 e. The zero-order valence-corrected chi connectivity index (χ0v) is 12.7. The first-order valence-corrected chi connectivity index (χ1v) is 7.11. The van der Waals surface area contributed by atoms with Gasteiger partial charge in [0, 0.05) is 24.1 Å². The summed E-state index contributed by atoms with van der Waals surface area (Å²) in [6.45, 7) is 6.37. The number of ether oxygens (including phenoxy) is 1. The van der Waals surface area contributed by atoms with E-state index in [4.69, 9.17) is 4.74 Å². The molecule has 0 spiro atoms. The molecule has 0 aromatic heterocycles. The quantitative estimate of drug-likeness (QED) is 0.473. The van der Waals surface area contributed by atoms with Gasteiger partial charge in [0.25, 0.3) is 0 Å². The molecule has 92 valence electrons. The highest BCUT2D eigenvalue weighted by Gasteiger charge is 2.13. The molecule has 0 N–H and O–H groups in total. The van der Waals surface area contributed by atoms with E-state index in [2.05, 4.69) is 53.4 Å². The number of hydrogen-bond donors (Lipinski definition) is 0. The highest BCUT2D eigenvalue weighted by Crippen LogP contribution is 2.06. The van der Waals surface area contributed by atoms with Crippen LogP contribution in [0.15, 0.2) is 0 Å². The molecule has 0 amide bonds. The van der Waals surface area contributed by atoms with Crippen molar-refractivity contribution in [3.63, 3.8) is 0 Å². The number of likely N-dealkylation sites (N-methyl/N-ethyl adjacent to an activating group) is 1. The normalized spacial score (nSPS) is 13.8. The molecule has 0 aromatic carbocycles. The monoisotopic (exact) mass is 328 g/mol. The standard InChI is InChI=1S/C11H25IN2O/c1-5-13(2)7-6-11(10-12)14(3)8-9-15-4/h11H,5-10H2,1-4H3. The van der Waals surface area contributed by atoms with Crippen LogP contribution in [0.3, 0.4) is 0 Å². The Morgan fingerprint density at radius 1 is 1.27 bits per heavy atom. The SMILES string of the molecule is CCN(C)CCC(CI)N(C)CCOC. The third-order valence-electron chi connectivity index (χ3n) is 2.83. The molecule has 1 unspecified atom stereocenters. The Morgan fingerprint density at radius 3 is 2.40 bits per heavy atom. The van der Waals surface area contributed by atoms with Gasteiger partial charge in [0.1, 0.15) is 0 Å². The maximum atomic E-state index is 5.10. The van der Waals surface area contributed by atoms with Gasteiger partial charge in [0.05, 0.1) is 6.61 Å². The summed E-state index contributed by atoms with van der Waals surface area (Å²) in [7, 11) is 6.13. The zero-order valence-electron chi connectivity index (χ0n) is 10.5. The molecule has 15 heavy (non-hydrogen) atoms. The van der Waals surface area contributed by atoms with Gasteiger partial charge in [0.2, 0.25) is 0 Å². The van der Waals surface area contributed by atoms with Crippen molar-refractivity contribution in [1.29, 1.82) is 0 Å². The molecule has 0 fully saturated rings. The van der Waals surface area contributed by atoms with Crippen LogP contribution in [0.5, 0.6) is 0 Å². The van der Waals surface area contributed by atoms with Gasteiger partial charge < -0.3 is 14.5 Å². The number of hydrogen-bond acceptors (Lipinski definition) is 3. The summed E-state index contributed by atoms with van der Waals surface area (Å²) in [6, 6.07) is 0.676. The minimum Gasteiger partial charge on any atom is -0.383 e. The fourth-order valence-electron chi connectivity index (χ4n) is 1.36. The number of methoxy groups -OCH3 is 1. The Morgan fingerprint density at radius 2 is 1.93 bits per heavy atom. The van der Waals surface area contributed by atoms with Gasteiger partial charge in [-0.3, -0.25) is 0 Å². The molecule has 1 atom stereocenters. The van der Waals surface area contributed by atoms with E-state index in [0.717, 1.165) is 19.7 Å². The first-order valence-electron chi connectivity index (χ1n) is 5.59. The molecule has 0 aromatic rings. The highest BCUT2D eigenvalue weighted by atomic mass is 127. The van der Waals surface area contributed by atoms with E-state index in [-0.39, 0.29) is 0 Å². The minimum atomic E-state index is 0.676. The van der Waals surface area contributed by atoms with Gasteiger partial charge >= 0.3 is 0 Å². The van der Waals surface area contributed by atoms with Crippen LogP contribution in [0.1, 0.15) is 13.3 Å². The summed E-state index contributed by atoms with van der Waals surface area (Å²) in [5.41, 5.74) is 0. The fraction of sp³-hybridized carbons (Fsp3) is 1.00. The van der Waals surface area contributed by atoms with E-state index < -0.39 is 0 Å². The molecule has 0 rings (SSSR count). The lowest BCUT2D eigenvalue weighted by Gasteiger charge is -2.27.